The molecule has 2 fully saturated rings. The van der Waals surface area contributed by atoms with E-state index < -0.39 is 70.4 Å². The molecule has 2 saturated carbocycles. The maximum absolute atomic E-state index is 13.8. The van der Waals surface area contributed by atoms with E-state index in [1.165, 1.54) is 17.0 Å². The Balaban J connectivity index is 1.80. The van der Waals surface area contributed by atoms with Crippen LogP contribution in [-0.2, 0) is 25.6 Å². The molecule has 2 amide bonds. The molecule has 12 nitrogen and oxygen atoms in total. The number of carbonyl (C=O) groups is 5. The van der Waals surface area contributed by atoms with Crippen molar-refractivity contribution in [2.24, 2.45) is 29.4 Å². The highest BCUT2D eigenvalue weighted by atomic mass is 16.3. The van der Waals surface area contributed by atoms with Crippen LogP contribution in [0.15, 0.2) is 12.1 Å². The summed E-state index contributed by atoms with van der Waals surface area (Å²) in [6.07, 6.45) is -1.47. The number of aliphatic hydroxyl groups excluding tert-OH is 1. The number of anilines is 1. The molecule has 12 heteroatoms. The Morgan fingerprint density at radius 1 is 1.14 bits per heavy atom. The van der Waals surface area contributed by atoms with Gasteiger partial charge in [-0.2, -0.15) is 0 Å². The van der Waals surface area contributed by atoms with E-state index in [0.29, 0.717) is 11.3 Å². The standard InChI is InChI=1S/C25H32N4O8/c1-28(2)9-15(31)27-13-5-6-14(30)17-11(13)7-10-8-12-19(29(3)4)21(33)18(24(26)36)23(35)25(12,37)22(34)16(10)20(17)32/h5-6,10,12,16,18-19,21,30,33,37H,7-9H2,1-4H3,(H2,26,36)(H,27,31)/t10-,12-,16?,18?,19-,21?,25-/m1/s1. The molecule has 1 aromatic carbocycles. The average molecular weight is 517 g/mol. The quantitative estimate of drug-likeness (QED) is 0.219. The molecule has 4 rings (SSSR count). The minimum atomic E-state index is -2.71. The van der Waals surface area contributed by atoms with Crippen LogP contribution in [0.2, 0.25) is 0 Å². The van der Waals surface area contributed by atoms with Gasteiger partial charge in [0.1, 0.15) is 11.7 Å². The number of nitrogens with zero attached hydrogens (tertiary/aromatic N) is 2. The van der Waals surface area contributed by atoms with E-state index in [1.807, 2.05) is 0 Å². The number of phenolic OH excluding ortho intramolecular Hbond substituents is 1. The zero-order chi connectivity index (χ0) is 27.6. The van der Waals surface area contributed by atoms with Gasteiger partial charge in [-0.15, -0.1) is 0 Å². The van der Waals surface area contributed by atoms with Gasteiger partial charge in [-0.1, -0.05) is 0 Å². The molecule has 3 unspecified atom stereocenters. The summed E-state index contributed by atoms with van der Waals surface area (Å²) < 4.78 is 0. The summed E-state index contributed by atoms with van der Waals surface area (Å²) in [5.41, 5.74) is 3.17. The summed E-state index contributed by atoms with van der Waals surface area (Å²) in [7, 11) is 6.60. The predicted molar refractivity (Wildman–Crippen MR) is 130 cm³/mol. The van der Waals surface area contributed by atoms with Gasteiger partial charge in [0.2, 0.25) is 11.8 Å². The second kappa shape index (κ2) is 9.28. The lowest BCUT2D eigenvalue weighted by Gasteiger charge is -2.54. The Bertz CT molecular complexity index is 1200. The van der Waals surface area contributed by atoms with E-state index in [2.05, 4.69) is 5.32 Å². The first-order valence-electron chi connectivity index (χ1n) is 12.0. The number of amides is 2. The molecule has 0 spiro atoms. The third-order valence-electron chi connectivity index (χ3n) is 7.91. The van der Waals surface area contributed by atoms with Crippen molar-refractivity contribution >= 4 is 34.9 Å². The zero-order valence-corrected chi connectivity index (χ0v) is 21.1. The Morgan fingerprint density at radius 3 is 2.35 bits per heavy atom. The molecule has 0 radical (unpaired) electrons. The number of rotatable bonds is 5. The average Bonchev–Trinajstić information content (AvgIpc) is 2.77. The maximum atomic E-state index is 13.8. The highest BCUT2D eigenvalue weighted by Crippen LogP contribution is 2.52. The van der Waals surface area contributed by atoms with Crippen LogP contribution in [0.3, 0.4) is 0 Å². The highest BCUT2D eigenvalue weighted by molar-refractivity contribution is 6.25. The fraction of sp³-hybridized carbons (Fsp3) is 0.560. The normalized spacial score (nSPS) is 33.1. The number of Topliss-reactive ketones (excluding diaryl/α,β-unsaturated/α-hetero) is 3. The Hall–Kier alpha value is -3.19. The van der Waals surface area contributed by atoms with E-state index in [4.69, 9.17) is 5.73 Å². The first kappa shape index (κ1) is 26.9. The van der Waals surface area contributed by atoms with Gasteiger partial charge >= 0.3 is 0 Å². The van der Waals surface area contributed by atoms with Crippen molar-refractivity contribution in [1.29, 1.82) is 0 Å². The lowest BCUT2D eigenvalue weighted by molar-refractivity contribution is -0.190. The van der Waals surface area contributed by atoms with Crippen LogP contribution in [0, 0.1) is 23.7 Å². The van der Waals surface area contributed by atoms with Crippen LogP contribution >= 0.6 is 0 Å². The van der Waals surface area contributed by atoms with Crippen molar-refractivity contribution in [2.75, 3.05) is 40.1 Å². The Kier molecular flexibility index (Phi) is 6.74. The van der Waals surface area contributed by atoms with E-state index in [1.54, 1.807) is 33.1 Å². The van der Waals surface area contributed by atoms with Crippen LogP contribution in [0.4, 0.5) is 5.69 Å². The number of carbonyl (C=O) groups excluding carboxylic acids is 5. The van der Waals surface area contributed by atoms with Crippen molar-refractivity contribution in [3.05, 3.63) is 23.3 Å². The molecule has 1 aromatic rings. The number of likely N-dealkylation sites (N-methyl/N-ethyl adjacent to an activating group) is 2. The lowest BCUT2D eigenvalue weighted by Crippen LogP contribution is -2.75. The molecule has 0 aliphatic heterocycles. The minimum absolute atomic E-state index is 0.00401. The molecule has 200 valence electrons. The van der Waals surface area contributed by atoms with E-state index >= 15 is 0 Å². The highest BCUT2D eigenvalue weighted by Gasteiger charge is 2.69. The van der Waals surface area contributed by atoms with Crippen LogP contribution in [0.25, 0.3) is 0 Å². The van der Waals surface area contributed by atoms with Crippen LogP contribution in [0.1, 0.15) is 22.3 Å². The third-order valence-corrected chi connectivity index (χ3v) is 7.91. The summed E-state index contributed by atoms with van der Waals surface area (Å²) in [5, 5.41) is 35.8. The van der Waals surface area contributed by atoms with Crippen molar-refractivity contribution in [3.63, 3.8) is 0 Å². The number of aliphatic hydroxyl groups is 2. The largest absolute Gasteiger partial charge is 0.507 e. The van der Waals surface area contributed by atoms with E-state index in [-0.39, 0.29) is 30.9 Å². The molecule has 7 atom stereocenters. The van der Waals surface area contributed by atoms with Gasteiger partial charge < -0.3 is 36.2 Å². The molecule has 0 saturated heterocycles. The monoisotopic (exact) mass is 516 g/mol. The molecule has 0 aromatic heterocycles. The molecule has 3 aliphatic carbocycles. The number of fused-ring (bicyclic) bond motifs is 3. The summed E-state index contributed by atoms with van der Waals surface area (Å²) >= 11 is 0. The first-order valence-corrected chi connectivity index (χ1v) is 12.0. The molecular formula is C25H32N4O8. The summed E-state index contributed by atoms with van der Waals surface area (Å²) in [6, 6.07) is 1.73. The van der Waals surface area contributed by atoms with E-state index in [0.717, 1.165) is 0 Å². The molecule has 0 bridgehead atoms. The second-order valence-electron chi connectivity index (χ2n) is 10.7. The summed E-state index contributed by atoms with van der Waals surface area (Å²) in [4.78, 5) is 68.4. The number of nitrogens with two attached hydrogens (primary N) is 1. The van der Waals surface area contributed by atoms with Crippen molar-refractivity contribution < 1.29 is 39.3 Å². The zero-order valence-electron chi connectivity index (χ0n) is 21.1. The SMILES string of the molecule is CN(C)CC(=O)Nc1ccc(O)c2c1C[C@@H]1C[C@@H]3[C@@H](N(C)C)C(O)C(C(N)=O)C(=O)[C@]3(O)C(=O)C1C2=O. The number of aromatic hydroxyl groups is 1. The number of benzene rings is 1. The van der Waals surface area contributed by atoms with E-state index in [9.17, 15) is 39.3 Å². The molecule has 0 heterocycles. The van der Waals surface area contributed by atoms with Crippen molar-refractivity contribution in [3.8, 4) is 5.75 Å². The smallest absolute Gasteiger partial charge is 0.238 e. The van der Waals surface area contributed by atoms with Gasteiger partial charge in [0, 0.05) is 17.6 Å². The van der Waals surface area contributed by atoms with Crippen LogP contribution in [0.5, 0.6) is 5.75 Å². The van der Waals surface area contributed by atoms with Gasteiger partial charge in [0.15, 0.2) is 23.0 Å². The third kappa shape index (κ3) is 4.04. The molecular weight excluding hydrogens is 484 g/mol. The summed E-state index contributed by atoms with van der Waals surface area (Å²) in [6.45, 7) is 0.0782. The molecule has 6 N–H and O–H groups in total. The van der Waals surface area contributed by atoms with Crippen LogP contribution < -0.4 is 11.1 Å². The fourth-order valence-corrected chi connectivity index (χ4v) is 6.42. The second-order valence-corrected chi connectivity index (χ2v) is 10.7. The van der Waals surface area contributed by atoms with Gasteiger partial charge in [-0.25, -0.2) is 0 Å². The number of nitrogens with one attached hydrogen (secondary N) is 1. The van der Waals surface area contributed by atoms with Gasteiger partial charge in [-0.3, -0.25) is 24.0 Å². The number of ketones is 3. The number of phenols is 1. The first-order chi connectivity index (χ1) is 17.2. The Labute approximate surface area is 213 Å². The minimum Gasteiger partial charge on any atom is -0.507 e. The fourth-order valence-electron chi connectivity index (χ4n) is 6.42. The number of hydrogen-bond donors (Lipinski definition) is 5. The predicted octanol–water partition coefficient (Wildman–Crippen LogP) is -1.84. The topological polar surface area (TPSA) is 191 Å². The maximum Gasteiger partial charge on any atom is 0.238 e. The number of primary amides is 1. The van der Waals surface area contributed by atoms with Crippen LogP contribution in [-0.4, -0.2) is 107 Å². The van der Waals surface area contributed by atoms with Crippen molar-refractivity contribution in [1.82, 2.24) is 9.80 Å². The van der Waals surface area contributed by atoms with Gasteiger partial charge in [-0.05, 0) is 64.6 Å². The summed E-state index contributed by atoms with van der Waals surface area (Å²) in [5.74, 6) is -10.1. The molecule has 37 heavy (non-hydrogen) atoms. The van der Waals surface area contributed by atoms with Crippen molar-refractivity contribution in [2.45, 2.75) is 30.6 Å². The van der Waals surface area contributed by atoms with Gasteiger partial charge in [0.05, 0.1) is 24.1 Å². The number of hydrogen-bond acceptors (Lipinski definition) is 10. The lowest BCUT2D eigenvalue weighted by atomic mass is 9.52. The Morgan fingerprint density at radius 2 is 1.78 bits per heavy atom. The molecule has 3 aliphatic rings. The van der Waals surface area contributed by atoms with Gasteiger partial charge in [0.25, 0.3) is 0 Å².